The van der Waals surface area contributed by atoms with Crippen molar-refractivity contribution in [3.8, 4) is 11.5 Å². The minimum Gasteiger partial charge on any atom is -0.493 e. The number of aryl methyl sites for hydroxylation is 2. The number of benzene rings is 3. The number of nitrogens with zero attached hydrogens (tertiary/aromatic N) is 2. The Labute approximate surface area is 240 Å². The summed E-state index contributed by atoms with van der Waals surface area (Å²) in [7, 11) is -5.08. The summed E-state index contributed by atoms with van der Waals surface area (Å²) >= 11 is 0. The molecule has 3 aromatic carbocycles. The number of hydrogen-bond donors (Lipinski definition) is 1. The lowest BCUT2D eigenvalue weighted by atomic mass is 10.1. The number of carbonyl (C=O) groups excluding carboxylic acids is 1. The Morgan fingerprint density at radius 1 is 0.854 bits per heavy atom. The summed E-state index contributed by atoms with van der Waals surface area (Å²) in [5, 5.41) is 2.68. The van der Waals surface area contributed by atoms with Gasteiger partial charge in [-0.2, -0.15) is 4.31 Å². The van der Waals surface area contributed by atoms with Gasteiger partial charge in [0.15, 0.2) is 11.5 Å². The van der Waals surface area contributed by atoms with E-state index < -0.39 is 32.5 Å². The van der Waals surface area contributed by atoms with Crippen molar-refractivity contribution >= 4 is 37.3 Å². The van der Waals surface area contributed by atoms with Crippen LogP contribution < -0.4 is 19.1 Å². The van der Waals surface area contributed by atoms with Crippen LogP contribution in [0.2, 0.25) is 0 Å². The molecule has 0 radical (unpaired) electrons. The lowest BCUT2D eigenvalue weighted by molar-refractivity contribution is -0.114. The molecule has 0 atom stereocenters. The topological polar surface area (TPSA) is 132 Å². The van der Waals surface area contributed by atoms with Gasteiger partial charge in [0.2, 0.25) is 15.9 Å². The first-order valence-electron chi connectivity index (χ1n) is 12.8. The predicted octanol–water partition coefficient (Wildman–Crippen LogP) is 3.18. The van der Waals surface area contributed by atoms with Gasteiger partial charge in [0, 0.05) is 24.8 Å². The highest BCUT2D eigenvalue weighted by molar-refractivity contribution is 7.92. The molecular formula is C28H33N3O8S2. The van der Waals surface area contributed by atoms with Crippen molar-refractivity contribution in [2.75, 3.05) is 56.7 Å². The largest absolute Gasteiger partial charge is 0.493 e. The monoisotopic (exact) mass is 603 g/mol. The van der Waals surface area contributed by atoms with E-state index in [1.807, 2.05) is 19.9 Å². The maximum Gasteiger partial charge on any atom is 0.264 e. The molecule has 1 aliphatic heterocycles. The molecule has 4 rings (SSSR count). The molecule has 1 saturated heterocycles. The Kier molecular flexibility index (Phi) is 9.22. The van der Waals surface area contributed by atoms with E-state index in [1.165, 1.54) is 61.0 Å². The Morgan fingerprint density at radius 3 is 2.02 bits per heavy atom. The molecule has 1 heterocycles. The van der Waals surface area contributed by atoms with Crippen molar-refractivity contribution < 1.29 is 35.8 Å². The van der Waals surface area contributed by atoms with Gasteiger partial charge in [-0.1, -0.05) is 6.07 Å². The Bertz CT molecular complexity index is 1600. The second-order valence-electron chi connectivity index (χ2n) is 9.46. The van der Waals surface area contributed by atoms with Gasteiger partial charge >= 0.3 is 0 Å². The quantitative estimate of drug-likeness (QED) is 0.374. The van der Waals surface area contributed by atoms with Crippen molar-refractivity contribution in [3.05, 3.63) is 71.8 Å². The molecule has 1 amide bonds. The molecule has 0 bridgehead atoms. The third-order valence-corrected chi connectivity index (χ3v) is 10.2. The summed E-state index contributed by atoms with van der Waals surface area (Å²) in [5.74, 6) is -0.0243. The molecule has 1 N–H and O–H groups in total. The molecule has 0 aromatic heterocycles. The zero-order valence-electron chi connectivity index (χ0n) is 23.3. The molecule has 41 heavy (non-hydrogen) atoms. The van der Waals surface area contributed by atoms with Gasteiger partial charge in [-0.05, 0) is 73.5 Å². The van der Waals surface area contributed by atoms with Crippen LogP contribution in [-0.2, 0) is 29.6 Å². The summed E-state index contributed by atoms with van der Waals surface area (Å²) in [6.45, 7) is 4.34. The number of nitrogens with one attached hydrogen (secondary N) is 1. The smallest absolute Gasteiger partial charge is 0.264 e. The third-order valence-electron chi connectivity index (χ3n) is 6.47. The van der Waals surface area contributed by atoms with Gasteiger partial charge in [-0.15, -0.1) is 0 Å². The first-order valence-corrected chi connectivity index (χ1v) is 15.6. The van der Waals surface area contributed by atoms with Crippen molar-refractivity contribution in [2.24, 2.45) is 0 Å². The number of rotatable bonds is 10. The number of morpholine rings is 1. The van der Waals surface area contributed by atoms with Crippen LogP contribution in [0.25, 0.3) is 0 Å². The van der Waals surface area contributed by atoms with Crippen LogP contribution in [0.15, 0.2) is 70.5 Å². The number of carbonyl (C=O) groups is 1. The summed E-state index contributed by atoms with van der Waals surface area (Å²) in [6.07, 6.45) is 0. The zero-order chi connectivity index (χ0) is 29.8. The van der Waals surface area contributed by atoms with E-state index in [1.54, 1.807) is 12.1 Å². The highest BCUT2D eigenvalue weighted by Gasteiger charge is 2.29. The molecule has 0 saturated carbocycles. The molecule has 0 spiro atoms. The highest BCUT2D eigenvalue weighted by atomic mass is 32.2. The summed E-state index contributed by atoms with van der Waals surface area (Å²) in [5.41, 5.74) is 2.29. The number of methoxy groups -OCH3 is 2. The maximum absolute atomic E-state index is 13.9. The SMILES string of the molecule is COc1ccc(S(=O)(=O)N(CC(=O)Nc2ccc(S(=O)(=O)N3CCOCC3)cc2)c2cc(C)cc(C)c2)cc1OC. The summed E-state index contributed by atoms with van der Waals surface area (Å²) in [4.78, 5) is 13.2. The van der Waals surface area contributed by atoms with Crippen LogP contribution in [0.4, 0.5) is 11.4 Å². The normalized spacial score (nSPS) is 14.3. The van der Waals surface area contributed by atoms with Crippen LogP contribution in [0.3, 0.4) is 0 Å². The fourth-order valence-corrected chi connectivity index (χ4v) is 7.32. The Balaban J connectivity index is 1.60. The van der Waals surface area contributed by atoms with E-state index >= 15 is 0 Å². The van der Waals surface area contributed by atoms with E-state index in [4.69, 9.17) is 14.2 Å². The van der Waals surface area contributed by atoms with Crippen LogP contribution in [-0.4, -0.2) is 74.1 Å². The van der Waals surface area contributed by atoms with Crippen molar-refractivity contribution in [1.29, 1.82) is 0 Å². The first kappa shape index (κ1) is 30.3. The van der Waals surface area contributed by atoms with Crippen LogP contribution in [0, 0.1) is 13.8 Å². The van der Waals surface area contributed by atoms with E-state index in [0.717, 1.165) is 15.4 Å². The maximum atomic E-state index is 13.9. The Morgan fingerprint density at radius 2 is 1.44 bits per heavy atom. The number of ether oxygens (including phenoxy) is 3. The summed E-state index contributed by atoms with van der Waals surface area (Å²) < 4.78 is 71.7. The fraction of sp³-hybridized carbons (Fsp3) is 0.321. The molecule has 3 aromatic rings. The molecule has 220 valence electrons. The summed E-state index contributed by atoms with van der Waals surface area (Å²) in [6, 6.07) is 15.2. The van der Waals surface area contributed by atoms with Gasteiger partial charge in [-0.3, -0.25) is 9.10 Å². The second kappa shape index (κ2) is 12.5. The van der Waals surface area contributed by atoms with Crippen molar-refractivity contribution in [2.45, 2.75) is 23.6 Å². The number of hydrogen-bond acceptors (Lipinski definition) is 8. The fourth-order valence-electron chi connectivity index (χ4n) is 4.49. The van der Waals surface area contributed by atoms with E-state index in [-0.39, 0.29) is 28.6 Å². The van der Waals surface area contributed by atoms with Crippen molar-refractivity contribution in [3.63, 3.8) is 0 Å². The second-order valence-corrected chi connectivity index (χ2v) is 13.3. The first-order chi connectivity index (χ1) is 19.4. The average molecular weight is 604 g/mol. The van der Waals surface area contributed by atoms with Crippen LogP contribution in [0.1, 0.15) is 11.1 Å². The van der Waals surface area contributed by atoms with E-state index in [9.17, 15) is 21.6 Å². The van der Waals surface area contributed by atoms with E-state index in [0.29, 0.717) is 30.3 Å². The average Bonchev–Trinajstić information content (AvgIpc) is 2.95. The predicted molar refractivity (Wildman–Crippen MR) is 155 cm³/mol. The molecular weight excluding hydrogens is 570 g/mol. The zero-order valence-corrected chi connectivity index (χ0v) is 24.9. The Hall–Kier alpha value is -3.65. The van der Waals surface area contributed by atoms with Crippen LogP contribution in [0.5, 0.6) is 11.5 Å². The van der Waals surface area contributed by atoms with Crippen LogP contribution >= 0.6 is 0 Å². The van der Waals surface area contributed by atoms with E-state index in [2.05, 4.69) is 5.32 Å². The molecule has 1 fully saturated rings. The molecule has 13 heteroatoms. The third kappa shape index (κ3) is 6.81. The van der Waals surface area contributed by atoms with Crippen molar-refractivity contribution in [1.82, 2.24) is 4.31 Å². The number of anilines is 2. The van der Waals surface area contributed by atoms with Gasteiger partial charge in [0.25, 0.3) is 10.0 Å². The van der Waals surface area contributed by atoms with Gasteiger partial charge in [0.1, 0.15) is 6.54 Å². The minimum absolute atomic E-state index is 0.0835. The van der Waals surface area contributed by atoms with Gasteiger partial charge in [-0.25, -0.2) is 16.8 Å². The standard InChI is InChI=1S/C28H33N3O8S2/c1-20-15-21(2)17-23(16-20)31(41(35,36)25-9-10-26(37-3)27(18-25)38-4)19-28(32)29-22-5-7-24(8-6-22)40(33,34)30-11-13-39-14-12-30/h5-10,15-18H,11-14,19H2,1-4H3,(H,29,32). The molecule has 0 aliphatic carbocycles. The highest BCUT2D eigenvalue weighted by Crippen LogP contribution is 2.33. The lowest BCUT2D eigenvalue weighted by Crippen LogP contribution is -2.40. The number of amides is 1. The molecule has 11 nitrogen and oxygen atoms in total. The molecule has 0 unspecified atom stereocenters. The number of sulfonamides is 2. The molecule has 1 aliphatic rings. The lowest BCUT2D eigenvalue weighted by Gasteiger charge is -2.26. The van der Waals surface area contributed by atoms with Gasteiger partial charge in [0.05, 0.1) is 42.9 Å². The minimum atomic E-state index is -4.23. The van der Waals surface area contributed by atoms with Gasteiger partial charge < -0.3 is 19.5 Å².